The lowest BCUT2D eigenvalue weighted by molar-refractivity contribution is -0.137. The SMILES string of the molecule is [C-]#[N+]c1ccc(NC(=O)[C@@](C)(O)CCc2cccnc2)cc1C(F)(F)F. The third-order valence-electron chi connectivity index (χ3n) is 3.79. The molecular formula is C18H16F3N3O2. The average Bonchev–Trinajstić information content (AvgIpc) is 2.60. The molecule has 2 N–H and O–H groups in total. The van der Waals surface area contributed by atoms with Gasteiger partial charge in [-0.1, -0.05) is 12.1 Å². The van der Waals surface area contributed by atoms with Gasteiger partial charge in [-0.2, -0.15) is 13.2 Å². The molecule has 0 aliphatic heterocycles. The van der Waals surface area contributed by atoms with Crippen LogP contribution in [0.4, 0.5) is 24.5 Å². The summed E-state index contributed by atoms with van der Waals surface area (Å²) in [6, 6.07) is 6.37. The van der Waals surface area contributed by atoms with E-state index in [2.05, 4.69) is 15.1 Å². The molecule has 8 heteroatoms. The minimum Gasteiger partial charge on any atom is -0.380 e. The zero-order chi connectivity index (χ0) is 19.4. The third-order valence-corrected chi connectivity index (χ3v) is 3.79. The maximum Gasteiger partial charge on any atom is 0.407 e. The summed E-state index contributed by atoms with van der Waals surface area (Å²) < 4.78 is 39.0. The van der Waals surface area contributed by atoms with Gasteiger partial charge in [-0.25, -0.2) is 4.85 Å². The van der Waals surface area contributed by atoms with Crippen molar-refractivity contribution in [2.24, 2.45) is 0 Å². The quantitative estimate of drug-likeness (QED) is 0.790. The van der Waals surface area contributed by atoms with E-state index < -0.39 is 28.9 Å². The van der Waals surface area contributed by atoms with Crippen LogP contribution in [0.15, 0.2) is 42.7 Å². The summed E-state index contributed by atoms with van der Waals surface area (Å²) in [5, 5.41) is 12.6. The first-order valence-corrected chi connectivity index (χ1v) is 7.65. The maximum absolute atomic E-state index is 13.0. The van der Waals surface area contributed by atoms with Crippen LogP contribution in [0, 0.1) is 6.57 Å². The van der Waals surface area contributed by atoms with Crippen LogP contribution in [-0.2, 0) is 17.4 Å². The van der Waals surface area contributed by atoms with E-state index in [-0.39, 0.29) is 12.1 Å². The molecule has 2 aromatic rings. The number of alkyl halides is 3. The van der Waals surface area contributed by atoms with Crippen molar-refractivity contribution in [3.8, 4) is 0 Å². The van der Waals surface area contributed by atoms with Crippen LogP contribution < -0.4 is 5.32 Å². The predicted molar refractivity (Wildman–Crippen MR) is 89.5 cm³/mol. The minimum absolute atomic E-state index is 0.0663. The van der Waals surface area contributed by atoms with Gasteiger partial charge in [0.1, 0.15) is 5.60 Å². The monoisotopic (exact) mass is 363 g/mol. The molecule has 136 valence electrons. The van der Waals surface area contributed by atoms with Gasteiger partial charge in [0.25, 0.3) is 5.91 Å². The van der Waals surface area contributed by atoms with Gasteiger partial charge in [0, 0.05) is 18.1 Å². The smallest absolute Gasteiger partial charge is 0.380 e. The van der Waals surface area contributed by atoms with Gasteiger partial charge in [0.2, 0.25) is 0 Å². The molecule has 0 aliphatic carbocycles. The third kappa shape index (κ3) is 4.80. The highest BCUT2D eigenvalue weighted by Gasteiger charge is 2.34. The van der Waals surface area contributed by atoms with Crippen molar-refractivity contribution in [1.82, 2.24) is 4.98 Å². The van der Waals surface area contributed by atoms with Gasteiger partial charge in [0.15, 0.2) is 5.69 Å². The van der Waals surface area contributed by atoms with E-state index in [1.54, 1.807) is 24.5 Å². The molecule has 0 saturated carbocycles. The largest absolute Gasteiger partial charge is 0.407 e. The topological polar surface area (TPSA) is 66.6 Å². The summed E-state index contributed by atoms with van der Waals surface area (Å²) in [4.78, 5) is 19.0. The number of hydrogen-bond acceptors (Lipinski definition) is 3. The van der Waals surface area contributed by atoms with Gasteiger partial charge in [-0.3, -0.25) is 9.78 Å². The highest BCUT2D eigenvalue weighted by atomic mass is 19.4. The Bertz CT molecular complexity index is 828. The first-order valence-electron chi connectivity index (χ1n) is 7.65. The number of nitrogens with zero attached hydrogens (tertiary/aromatic N) is 2. The molecule has 0 saturated heterocycles. The van der Waals surface area contributed by atoms with E-state index in [1.807, 2.05) is 0 Å². The fourth-order valence-corrected chi connectivity index (χ4v) is 2.25. The standard InChI is InChI=1S/C18H16F3N3O2/c1-17(26,8-7-12-4-3-9-23-11-12)16(25)24-13-5-6-15(22-2)14(10-13)18(19,20)21/h3-6,9-11,26H,7-8H2,1H3,(H,24,25)/t17-/m0/s1. The highest BCUT2D eigenvalue weighted by molar-refractivity contribution is 5.97. The first kappa shape index (κ1) is 19.4. The van der Waals surface area contributed by atoms with Crippen molar-refractivity contribution < 1.29 is 23.1 Å². The van der Waals surface area contributed by atoms with Crippen LogP contribution in [0.1, 0.15) is 24.5 Å². The molecule has 0 bridgehead atoms. The van der Waals surface area contributed by atoms with Crippen LogP contribution in [0.5, 0.6) is 0 Å². The average molecular weight is 363 g/mol. The molecule has 5 nitrogen and oxygen atoms in total. The lowest BCUT2D eigenvalue weighted by Crippen LogP contribution is -2.40. The Morgan fingerprint density at radius 1 is 1.35 bits per heavy atom. The Morgan fingerprint density at radius 3 is 2.65 bits per heavy atom. The number of carbonyl (C=O) groups is 1. The molecule has 1 heterocycles. The summed E-state index contributed by atoms with van der Waals surface area (Å²) in [7, 11) is 0. The molecule has 0 spiro atoms. The normalized spacial score (nSPS) is 13.5. The number of rotatable bonds is 5. The molecule has 2 rings (SSSR count). The van der Waals surface area contributed by atoms with E-state index in [1.165, 1.54) is 13.0 Å². The number of aliphatic hydroxyl groups is 1. The molecule has 1 amide bonds. The molecule has 1 aromatic heterocycles. The van der Waals surface area contributed by atoms with Crippen molar-refractivity contribution in [2.75, 3.05) is 5.32 Å². The van der Waals surface area contributed by atoms with Gasteiger partial charge in [0.05, 0.1) is 12.1 Å². The van der Waals surface area contributed by atoms with Gasteiger partial charge < -0.3 is 10.4 Å². The first-order chi connectivity index (χ1) is 12.1. The summed E-state index contributed by atoms with van der Waals surface area (Å²) in [6.07, 6.45) is -1.08. The van der Waals surface area contributed by atoms with Crippen LogP contribution in [-0.4, -0.2) is 21.6 Å². The summed E-state index contributed by atoms with van der Waals surface area (Å²) in [6.45, 7) is 8.09. The van der Waals surface area contributed by atoms with E-state index in [9.17, 15) is 23.1 Å². The minimum atomic E-state index is -4.72. The van der Waals surface area contributed by atoms with E-state index >= 15 is 0 Å². The van der Waals surface area contributed by atoms with Crippen LogP contribution in [0.3, 0.4) is 0 Å². The number of pyridine rings is 1. The maximum atomic E-state index is 13.0. The Labute approximate surface area is 148 Å². The van der Waals surface area contributed by atoms with E-state index in [0.29, 0.717) is 12.5 Å². The number of amides is 1. The summed E-state index contributed by atoms with van der Waals surface area (Å²) in [5.74, 6) is -0.829. The Hall–Kier alpha value is -2.92. The van der Waals surface area contributed by atoms with Gasteiger partial charge in [-0.05, 0) is 43.5 Å². The van der Waals surface area contributed by atoms with Crippen molar-refractivity contribution >= 4 is 17.3 Å². The number of carbonyl (C=O) groups excluding carboxylic acids is 1. The molecule has 1 aromatic carbocycles. The number of anilines is 1. The van der Waals surface area contributed by atoms with Gasteiger partial charge in [-0.15, -0.1) is 0 Å². The lowest BCUT2D eigenvalue weighted by atomic mass is 9.96. The Balaban J connectivity index is 2.12. The van der Waals surface area contributed by atoms with Crippen LogP contribution >= 0.6 is 0 Å². The fraction of sp³-hybridized carbons (Fsp3) is 0.278. The molecule has 26 heavy (non-hydrogen) atoms. The van der Waals surface area contributed by atoms with Crippen molar-refractivity contribution in [2.45, 2.75) is 31.5 Å². The number of halogens is 3. The second kappa shape index (κ2) is 7.54. The molecule has 0 fully saturated rings. The number of aromatic nitrogens is 1. The van der Waals surface area contributed by atoms with Gasteiger partial charge >= 0.3 is 6.18 Å². The number of hydrogen-bond donors (Lipinski definition) is 2. The van der Waals surface area contributed by atoms with E-state index in [4.69, 9.17) is 6.57 Å². The lowest BCUT2D eigenvalue weighted by Gasteiger charge is -2.22. The van der Waals surface area contributed by atoms with E-state index in [0.717, 1.165) is 11.6 Å². The molecule has 0 radical (unpaired) electrons. The van der Waals surface area contributed by atoms with Crippen LogP contribution in [0.2, 0.25) is 0 Å². The number of nitrogens with one attached hydrogen (secondary N) is 1. The fourth-order valence-electron chi connectivity index (χ4n) is 2.25. The highest BCUT2D eigenvalue weighted by Crippen LogP contribution is 2.38. The van der Waals surface area contributed by atoms with Crippen molar-refractivity contribution in [3.05, 3.63) is 65.3 Å². The molecule has 0 aliphatic rings. The Kier molecular flexibility index (Phi) is 5.63. The molecule has 1 atom stereocenters. The summed E-state index contributed by atoms with van der Waals surface area (Å²) >= 11 is 0. The predicted octanol–water partition coefficient (Wildman–Crippen LogP) is 3.97. The zero-order valence-electron chi connectivity index (χ0n) is 13.8. The summed E-state index contributed by atoms with van der Waals surface area (Å²) in [5.41, 5.74) is -2.80. The van der Waals surface area contributed by atoms with Crippen molar-refractivity contribution in [1.29, 1.82) is 0 Å². The number of benzene rings is 1. The zero-order valence-corrected chi connectivity index (χ0v) is 13.8. The Morgan fingerprint density at radius 2 is 2.08 bits per heavy atom. The molecule has 0 unspecified atom stereocenters. The van der Waals surface area contributed by atoms with Crippen molar-refractivity contribution in [3.63, 3.8) is 0 Å². The second-order valence-corrected chi connectivity index (χ2v) is 5.93. The second-order valence-electron chi connectivity index (χ2n) is 5.93. The molecular weight excluding hydrogens is 347 g/mol. The van der Waals surface area contributed by atoms with Crippen LogP contribution in [0.25, 0.3) is 4.85 Å². The number of aryl methyl sites for hydroxylation is 1.